The predicted molar refractivity (Wildman–Crippen MR) is 147 cm³/mol. The molecule has 2 aromatic carbocycles. The number of hydrogen-bond donors (Lipinski definition) is 1. The van der Waals surface area contributed by atoms with Crippen LogP contribution in [0.25, 0.3) is 0 Å². The summed E-state index contributed by atoms with van der Waals surface area (Å²) in [6, 6.07) is 3.29. The summed E-state index contributed by atoms with van der Waals surface area (Å²) in [5.74, 6) is 1.07. The first-order chi connectivity index (χ1) is 18.5. The van der Waals surface area contributed by atoms with Crippen LogP contribution in [0.15, 0.2) is 12.1 Å². The number of esters is 2. The van der Waals surface area contributed by atoms with Gasteiger partial charge in [0.1, 0.15) is 23.7 Å². The SMILES string of the molecule is COc1c([C@@H](O)CC(C)C)ccc2c1C(=O)OCc1c(Cl)c(C)c(C)c(OC(=O)[C@@]3(C)C[C@H]4CC[C@@H]3C4)c1O2. The van der Waals surface area contributed by atoms with Gasteiger partial charge in [0.2, 0.25) is 0 Å². The first kappa shape index (κ1) is 27.8. The lowest BCUT2D eigenvalue weighted by atomic mass is 9.75. The Morgan fingerprint density at radius 2 is 1.95 bits per heavy atom. The minimum atomic E-state index is -0.839. The molecule has 5 rings (SSSR count). The number of benzene rings is 2. The van der Waals surface area contributed by atoms with Crippen molar-refractivity contribution in [2.24, 2.45) is 23.2 Å². The molecule has 2 fully saturated rings. The Kier molecular flexibility index (Phi) is 7.36. The van der Waals surface area contributed by atoms with Crippen LogP contribution in [0.4, 0.5) is 0 Å². The summed E-state index contributed by atoms with van der Waals surface area (Å²) < 4.78 is 23.9. The molecule has 2 aliphatic carbocycles. The van der Waals surface area contributed by atoms with Gasteiger partial charge >= 0.3 is 11.9 Å². The van der Waals surface area contributed by atoms with E-state index in [1.807, 2.05) is 34.6 Å². The molecule has 2 bridgehead atoms. The highest BCUT2D eigenvalue weighted by Gasteiger charge is 2.53. The molecule has 0 amide bonds. The molecule has 7 nitrogen and oxygen atoms in total. The van der Waals surface area contributed by atoms with Gasteiger partial charge in [0.15, 0.2) is 11.5 Å². The van der Waals surface area contributed by atoms with Crippen molar-refractivity contribution in [1.29, 1.82) is 0 Å². The maximum atomic E-state index is 13.7. The molecule has 0 unspecified atom stereocenters. The number of rotatable bonds is 6. The van der Waals surface area contributed by atoms with Crippen LogP contribution in [0.3, 0.4) is 0 Å². The van der Waals surface area contributed by atoms with E-state index in [1.165, 1.54) is 13.5 Å². The summed E-state index contributed by atoms with van der Waals surface area (Å²) >= 11 is 6.74. The molecule has 8 heteroatoms. The fourth-order valence-corrected chi connectivity index (χ4v) is 6.91. The molecule has 1 aliphatic heterocycles. The molecule has 2 aromatic rings. The van der Waals surface area contributed by atoms with E-state index in [-0.39, 0.29) is 47.1 Å². The van der Waals surface area contributed by atoms with Crippen LogP contribution >= 0.6 is 11.6 Å². The zero-order valence-corrected chi connectivity index (χ0v) is 24.2. The molecule has 2 saturated carbocycles. The van der Waals surface area contributed by atoms with Crippen molar-refractivity contribution in [3.63, 3.8) is 0 Å². The van der Waals surface area contributed by atoms with Crippen LogP contribution < -0.4 is 14.2 Å². The first-order valence-corrected chi connectivity index (χ1v) is 14.1. The molecule has 0 spiro atoms. The van der Waals surface area contributed by atoms with Crippen LogP contribution in [0, 0.1) is 37.0 Å². The van der Waals surface area contributed by atoms with Gasteiger partial charge in [0.05, 0.1) is 29.2 Å². The Labute approximate surface area is 234 Å². The second-order valence-electron chi connectivity index (χ2n) is 12.0. The maximum Gasteiger partial charge on any atom is 0.346 e. The van der Waals surface area contributed by atoms with Crippen molar-refractivity contribution in [2.45, 2.75) is 79.4 Å². The van der Waals surface area contributed by atoms with E-state index in [2.05, 4.69) is 0 Å². The molecular weight excluding hydrogens is 520 g/mol. The lowest BCUT2D eigenvalue weighted by molar-refractivity contribution is -0.148. The van der Waals surface area contributed by atoms with Crippen molar-refractivity contribution in [3.05, 3.63) is 45.0 Å². The zero-order chi connectivity index (χ0) is 28.2. The van der Waals surface area contributed by atoms with Crippen LogP contribution in [0.1, 0.15) is 91.6 Å². The molecule has 1 heterocycles. The summed E-state index contributed by atoms with van der Waals surface area (Å²) in [6.07, 6.45) is 3.75. The fraction of sp³-hybridized carbons (Fsp3) is 0.548. The van der Waals surface area contributed by atoms with E-state index >= 15 is 0 Å². The molecule has 4 atom stereocenters. The Morgan fingerprint density at radius 3 is 2.56 bits per heavy atom. The molecule has 0 saturated heterocycles. The molecule has 3 aliphatic rings. The largest absolute Gasteiger partial charge is 0.495 e. The Balaban J connectivity index is 1.60. The van der Waals surface area contributed by atoms with Crippen molar-refractivity contribution in [1.82, 2.24) is 0 Å². The van der Waals surface area contributed by atoms with Gasteiger partial charge in [-0.05, 0) is 81.9 Å². The maximum absolute atomic E-state index is 13.7. The van der Waals surface area contributed by atoms with Crippen LogP contribution in [-0.2, 0) is 16.1 Å². The predicted octanol–water partition coefficient (Wildman–Crippen LogP) is 7.24. The number of aliphatic hydroxyl groups is 1. The van der Waals surface area contributed by atoms with E-state index in [0.29, 0.717) is 40.0 Å². The molecule has 0 radical (unpaired) electrons. The minimum absolute atomic E-state index is 0.0650. The summed E-state index contributed by atoms with van der Waals surface area (Å²) in [5.41, 5.74) is 1.83. The van der Waals surface area contributed by atoms with Crippen LogP contribution in [-0.4, -0.2) is 24.2 Å². The first-order valence-electron chi connectivity index (χ1n) is 13.7. The van der Waals surface area contributed by atoms with E-state index in [4.69, 9.17) is 30.5 Å². The zero-order valence-electron chi connectivity index (χ0n) is 23.5. The number of cyclic esters (lactones) is 1. The van der Waals surface area contributed by atoms with Gasteiger partial charge in [-0.1, -0.05) is 31.9 Å². The second kappa shape index (κ2) is 10.3. The summed E-state index contributed by atoms with van der Waals surface area (Å²) in [5, 5.41) is 11.2. The highest BCUT2D eigenvalue weighted by molar-refractivity contribution is 6.32. The molecule has 39 heavy (non-hydrogen) atoms. The van der Waals surface area contributed by atoms with E-state index in [1.54, 1.807) is 12.1 Å². The van der Waals surface area contributed by atoms with Gasteiger partial charge in [-0.2, -0.15) is 0 Å². The highest BCUT2D eigenvalue weighted by atomic mass is 35.5. The summed E-state index contributed by atoms with van der Waals surface area (Å²) in [4.78, 5) is 26.9. The average Bonchev–Trinajstić information content (AvgIpc) is 3.48. The topological polar surface area (TPSA) is 91.3 Å². The number of aliphatic hydroxyl groups excluding tert-OH is 1. The summed E-state index contributed by atoms with van der Waals surface area (Å²) in [6.45, 7) is 9.52. The lowest BCUT2D eigenvalue weighted by Gasteiger charge is -2.32. The van der Waals surface area contributed by atoms with E-state index in [0.717, 1.165) is 24.8 Å². The molecule has 1 N–H and O–H groups in total. The molecular formula is C31H37ClO7. The number of halogens is 1. The third kappa shape index (κ3) is 4.67. The van der Waals surface area contributed by atoms with E-state index in [9.17, 15) is 14.7 Å². The Hall–Kier alpha value is -2.77. The number of carbonyl (C=O) groups is 2. The third-order valence-electron chi connectivity index (χ3n) is 8.97. The van der Waals surface area contributed by atoms with Crippen LogP contribution in [0.2, 0.25) is 5.02 Å². The average molecular weight is 557 g/mol. The van der Waals surface area contributed by atoms with Gasteiger partial charge in [-0.25, -0.2) is 4.79 Å². The Morgan fingerprint density at radius 1 is 1.21 bits per heavy atom. The van der Waals surface area contributed by atoms with Gasteiger partial charge in [-0.3, -0.25) is 4.79 Å². The quantitative estimate of drug-likeness (QED) is 0.296. The van der Waals surface area contributed by atoms with Crippen molar-refractivity contribution in [3.8, 4) is 23.0 Å². The van der Waals surface area contributed by atoms with Crippen molar-refractivity contribution in [2.75, 3.05) is 7.11 Å². The van der Waals surface area contributed by atoms with Gasteiger partial charge in [0.25, 0.3) is 0 Å². The number of ether oxygens (including phenoxy) is 4. The minimum Gasteiger partial charge on any atom is -0.495 e. The molecule has 210 valence electrons. The van der Waals surface area contributed by atoms with E-state index < -0.39 is 17.5 Å². The van der Waals surface area contributed by atoms with Gasteiger partial charge in [-0.15, -0.1) is 0 Å². The number of carbonyl (C=O) groups excluding carboxylic acids is 2. The van der Waals surface area contributed by atoms with Gasteiger partial charge in [0, 0.05) is 11.1 Å². The molecule has 0 aromatic heterocycles. The third-order valence-corrected chi connectivity index (χ3v) is 9.48. The lowest BCUT2D eigenvalue weighted by Crippen LogP contribution is -2.37. The number of methoxy groups -OCH3 is 1. The number of fused-ring (bicyclic) bond motifs is 4. The fourth-order valence-electron chi connectivity index (χ4n) is 6.63. The van der Waals surface area contributed by atoms with Crippen LogP contribution in [0.5, 0.6) is 23.0 Å². The number of hydrogen-bond acceptors (Lipinski definition) is 7. The normalized spacial score (nSPS) is 24.3. The Bertz CT molecular complexity index is 1330. The van der Waals surface area contributed by atoms with Crippen molar-refractivity contribution >= 4 is 23.5 Å². The van der Waals surface area contributed by atoms with Crippen molar-refractivity contribution < 1.29 is 33.6 Å². The highest BCUT2D eigenvalue weighted by Crippen LogP contribution is 2.57. The van der Waals surface area contributed by atoms with Gasteiger partial charge < -0.3 is 24.1 Å². The standard InChI is InChI=1S/C31H37ClO7/c1-15(2)11-22(33)20-9-10-23-24(27(20)36-6)29(34)37-14-21-25(32)16(3)17(4)26(28(21)38-23)39-30(35)31(5)13-18-7-8-19(31)12-18/h9-10,15,18-19,22,33H,7-8,11-14H2,1-6H3/t18-,19+,22-,31-/m0/s1. The monoisotopic (exact) mass is 556 g/mol. The smallest absolute Gasteiger partial charge is 0.346 e. The second-order valence-corrected chi connectivity index (χ2v) is 12.4. The summed E-state index contributed by atoms with van der Waals surface area (Å²) in [7, 11) is 1.44.